The van der Waals surface area contributed by atoms with E-state index in [1.54, 1.807) is 42.5 Å². The van der Waals surface area contributed by atoms with Gasteiger partial charge in [-0.05, 0) is 49.2 Å². The largest absolute Gasteiger partial charge is 0.326 e. The van der Waals surface area contributed by atoms with Gasteiger partial charge in [-0.3, -0.25) is 4.79 Å². The summed E-state index contributed by atoms with van der Waals surface area (Å²) in [5.74, 6) is -0.174. The van der Waals surface area contributed by atoms with Crippen LogP contribution in [0, 0.1) is 0 Å². The van der Waals surface area contributed by atoms with Crippen molar-refractivity contribution in [3.8, 4) is 0 Å². The second kappa shape index (κ2) is 8.33. The first-order chi connectivity index (χ1) is 12.5. The first kappa shape index (κ1) is 19.1. The number of halogens is 1. The molecule has 2 aromatic carbocycles. The van der Waals surface area contributed by atoms with E-state index in [4.69, 9.17) is 0 Å². The van der Waals surface area contributed by atoms with Crippen LogP contribution in [-0.4, -0.2) is 31.2 Å². The topological polar surface area (TPSA) is 66.5 Å². The molecule has 5 nitrogen and oxygen atoms in total. The standard InChI is InChI=1S/C19H21BrN2O3S/c20-15-9-11-16(12-10-15)21-19(23)14-17-6-4-5-13-22(17)26(24,25)18-7-2-1-3-8-18/h1-3,7-12,17H,4-6,13-14H2,(H,21,23)/t17-/m0/s1. The van der Waals surface area contributed by atoms with Crippen molar-refractivity contribution in [2.24, 2.45) is 0 Å². The molecule has 1 N–H and O–H groups in total. The van der Waals surface area contributed by atoms with Crippen molar-refractivity contribution in [3.05, 3.63) is 59.1 Å². The Morgan fingerprint density at radius 3 is 2.46 bits per heavy atom. The predicted octanol–water partition coefficient (Wildman–Crippen LogP) is 4.02. The number of piperidine rings is 1. The molecular formula is C19H21BrN2O3S. The zero-order valence-corrected chi connectivity index (χ0v) is 16.7. The lowest BCUT2D eigenvalue weighted by atomic mass is 10.0. The number of anilines is 1. The zero-order chi connectivity index (χ0) is 18.6. The maximum Gasteiger partial charge on any atom is 0.243 e. The summed E-state index contributed by atoms with van der Waals surface area (Å²) in [6.45, 7) is 0.452. The second-order valence-corrected chi connectivity index (χ2v) is 9.14. The van der Waals surface area contributed by atoms with Gasteiger partial charge in [-0.1, -0.05) is 40.5 Å². The predicted molar refractivity (Wildman–Crippen MR) is 105 cm³/mol. The third-order valence-corrected chi connectivity index (χ3v) is 6.97. The zero-order valence-electron chi connectivity index (χ0n) is 14.3. The highest BCUT2D eigenvalue weighted by atomic mass is 79.9. The van der Waals surface area contributed by atoms with Gasteiger partial charge in [0.15, 0.2) is 0 Å². The average molecular weight is 437 g/mol. The van der Waals surface area contributed by atoms with Crippen molar-refractivity contribution in [1.29, 1.82) is 0 Å². The van der Waals surface area contributed by atoms with Crippen LogP contribution >= 0.6 is 15.9 Å². The number of rotatable bonds is 5. The minimum atomic E-state index is -3.59. The van der Waals surface area contributed by atoms with Crippen LogP contribution in [0.3, 0.4) is 0 Å². The Labute approximate surface area is 162 Å². The van der Waals surface area contributed by atoms with Crippen LogP contribution < -0.4 is 5.32 Å². The molecule has 1 heterocycles. The van der Waals surface area contributed by atoms with E-state index < -0.39 is 10.0 Å². The summed E-state index contributed by atoms with van der Waals surface area (Å²) < 4.78 is 28.4. The van der Waals surface area contributed by atoms with Crippen molar-refractivity contribution in [2.75, 3.05) is 11.9 Å². The summed E-state index contributed by atoms with van der Waals surface area (Å²) in [6.07, 6.45) is 2.59. The van der Waals surface area contributed by atoms with E-state index in [1.165, 1.54) is 4.31 Å². The van der Waals surface area contributed by atoms with Crippen molar-refractivity contribution < 1.29 is 13.2 Å². The van der Waals surface area contributed by atoms with E-state index in [-0.39, 0.29) is 23.3 Å². The average Bonchev–Trinajstić information content (AvgIpc) is 2.64. The van der Waals surface area contributed by atoms with E-state index in [9.17, 15) is 13.2 Å². The third-order valence-electron chi connectivity index (χ3n) is 4.47. The van der Waals surface area contributed by atoms with E-state index >= 15 is 0 Å². The Kier molecular flexibility index (Phi) is 6.11. The second-order valence-electron chi connectivity index (χ2n) is 6.34. The van der Waals surface area contributed by atoms with Crippen LogP contribution in [0.25, 0.3) is 0 Å². The molecule has 0 aromatic heterocycles. The summed E-state index contributed by atoms with van der Waals surface area (Å²) in [6, 6.07) is 15.4. The van der Waals surface area contributed by atoms with Gasteiger partial charge in [0, 0.05) is 29.2 Å². The van der Waals surface area contributed by atoms with Crippen LogP contribution in [0.4, 0.5) is 5.69 Å². The molecule has 1 fully saturated rings. The normalized spacial score (nSPS) is 18.4. The van der Waals surface area contributed by atoms with Gasteiger partial charge in [-0.15, -0.1) is 0 Å². The van der Waals surface area contributed by atoms with Gasteiger partial charge in [0.2, 0.25) is 15.9 Å². The Bertz CT molecular complexity index is 854. The van der Waals surface area contributed by atoms with Crippen molar-refractivity contribution in [1.82, 2.24) is 4.31 Å². The molecular weight excluding hydrogens is 416 g/mol. The van der Waals surface area contributed by atoms with Crippen LogP contribution in [0.5, 0.6) is 0 Å². The molecule has 0 radical (unpaired) electrons. The molecule has 26 heavy (non-hydrogen) atoms. The Morgan fingerprint density at radius 2 is 1.77 bits per heavy atom. The number of hydrogen-bond acceptors (Lipinski definition) is 3. The molecule has 0 aliphatic carbocycles. The van der Waals surface area contributed by atoms with Crippen molar-refractivity contribution in [2.45, 2.75) is 36.6 Å². The first-order valence-corrected chi connectivity index (χ1v) is 10.8. The van der Waals surface area contributed by atoms with E-state index in [0.29, 0.717) is 18.7 Å². The third kappa shape index (κ3) is 4.52. The summed E-state index contributed by atoms with van der Waals surface area (Å²) in [7, 11) is -3.59. The molecule has 0 spiro atoms. The highest BCUT2D eigenvalue weighted by Gasteiger charge is 2.34. The van der Waals surface area contributed by atoms with E-state index in [1.807, 2.05) is 12.1 Å². The Hall–Kier alpha value is -1.70. The number of amides is 1. The molecule has 1 saturated heterocycles. The van der Waals surface area contributed by atoms with Crippen LogP contribution in [-0.2, 0) is 14.8 Å². The van der Waals surface area contributed by atoms with Crippen molar-refractivity contribution >= 4 is 37.5 Å². The van der Waals surface area contributed by atoms with Gasteiger partial charge in [0.25, 0.3) is 0 Å². The number of nitrogens with one attached hydrogen (secondary N) is 1. The van der Waals surface area contributed by atoms with Gasteiger partial charge in [-0.25, -0.2) is 8.42 Å². The molecule has 1 atom stereocenters. The minimum Gasteiger partial charge on any atom is -0.326 e. The summed E-state index contributed by atoms with van der Waals surface area (Å²) >= 11 is 3.36. The Balaban J connectivity index is 1.72. The number of benzene rings is 2. The number of nitrogens with zero attached hydrogens (tertiary/aromatic N) is 1. The fourth-order valence-electron chi connectivity index (χ4n) is 3.18. The highest BCUT2D eigenvalue weighted by molar-refractivity contribution is 9.10. The molecule has 138 valence electrons. The fraction of sp³-hybridized carbons (Fsp3) is 0.316. The van der Waals surface area contributed by atoms with E-state index in [0.717, 1.165) is 17.3 Å². The fourth-order valence-corrected chi connectivity index (χ4v) is 5.16. The molecule has 0 bridgehead atoms. The van der Waals surface area contributed by atoms with Crippen LogP contribution in [0.1, 0.15) is 25.7 Å². The summed E-state index contributed by atoms with van der Waals surface area (Å²) in [4.78, 5) is 12.7. The quantitative estimate of drug-likeness (QED) is 0.769. The van der Waals surface area contributed by atoms with Gasteiger partial charge >= 0.3 is 0 Å². The minimum absolute atomic E-state index is 0.155. The van der Waals surface area contributed by atoms with E-state index in [2.05, 4.69) is 21.2 Å². The molecule has 1 aliphatic heterocycles. The van der Waals surface area contributed by atoms with Gasteiger partial charge in [0.1, 0.15) is 0 Å². The number of carbonyl (C=O) groups excluding carboxylic acids is 1. The Morgan fingerprint density at radius 1 is 1.08 bits per heavy atom. The number of sulfonamides is 1. The smallest absolute Gasteiger partial charge is 0.243 e. The molecule has 0 unspecified atom stereocenters. The first-order valence-electron chi connectivity index (χ1n) is 8.59. The van der Waals surface area contributed by atoms with Crippen molar-refractivity contribution in [3.63, 3.8) is 0 Å². The number of hydrogen-bond donors (Lipinski definition) is 1. The van der Waals surface area contributed by atoms with Gasteiger partial charge in [0.05, 0.1) is 4.90 Å². The summed E-state index contributed by atoms with van der Waals surface area (Å²) in [5.41, 5.74) is 0.700. The lowest BCUT2D eigenvalue weighted by Crippen LogP contribution is -2.45. The lowest BCUT2D eigenvalue weighted by molar-refractivity contribution is -0.117. The van der Waals surface area contributed by atoms with Crippen LogP contribution in [0.15, 0.2) is 64.0 Å². The molecule has 7 heteroatoms. The SMILES string of the molecule is O=C(C[C@@H]1CCCCN1S(=O)(=O)c1ccccc1)Nc1ccc(Br)cc1. The molecule has 1 aliphatic rings. The van der Waals surface area contributed by atoms with Crippen LogP contribution in [0.2, 0.25) is 0 Å². The summed E-state index contributed by atoms with van der Waals surface area (Å²) in [5, 5.41) is 2.85. The lowest BCUT2D eigenvalue weighted by Gasteiger charge is -2.34. The van der Waals surface area contributed by atoms with Gasteiger partial charge in [-0.2, -0.15) is 4.31 Å². The molecule has 3 rings (SSSR count). The van der Waals surface area contributed by atoms with Gasteiger partial charge < -0.3 is 5.32 Å². The number of carbonyl (C=O) groups is 1. The monoisotopic (exact) mass is 436 g/mol. The maximum atomic E-state index is 13.0. The molecule has 0 saturated carbocycles. The highest BCUT2D eigenvalue weighted by Crippen LogP contribution is 2.27. The molecule has 2 aromatic rings. The maximum absolute atomic E-state index is 13.0. The molecule has 1 amide bonds.